The van der Waals surface area contributed by atoms with E-state index in [0.717, 1.165) is 19.0 Å². The van der Waals surface area contributed by atoms with E-state index in [9.17, 15) is 8.42 Å². The molecule has 0 spiro atoms. The van der Waals surface area contributed by atoms with Gasteiger partial charge in [0.25, 0.3) is 0 Å². The zero-order chi connectivity index (χ0) is 20.7. The van der Waals surface area contributed by atoms with Crippen LogP contribution < -0.4 is 15.4 Å². The Morgan fingerprint density at radius 3 is 2.17 bits per heavy atom. The minimum Gasteiger partial charge on any atom is -0.357 e. The SMILES string of the molecule is CCNC(=NCC(C)(C)NS(C)(=O)=O)NCC1(N2CCCCC2)CCCCC1.I. The van der Waals surface area contributed by atoms with Crippen molar-refractivity contribution in [3.63, 3.8) is 0 Å². The third-order valence-corrected chi connectivity index (χ3v) is 6.76. The third-order valence-electron chi connectivity index (χ3n) is 5.83. The molecule has 0 radical (unpaired) electrons. The van der Waals surface area contributed by atoms with Crippen LogP contribution in [-0.4, -0.2) is 69.3 Å². The Morgan fingerprint density at radius 1 is 1.03 bits per heavy atom. The number of guanidine groups is 1. The number of rotatable bonds is 8. The Bertz CT molecular complexity index is 612. The lowest BCUT2D eigenvalue weighted by molar-refractivity contribution is 0.0368. The van der Waals surface area contributed by atoms with Gasteiger partial charge in [-0.05, 0) is 59.5 Å². The van der Waals surface area contributed by atoms with Crippen molar-refractivity contribution in [1.82, 2.24) is 20.3 Å². The number of nitrogens with zero attached hydrogens (tertiary/aromatic N) is 2. The minimum absolute atomic E-state index is 0. The summed E-state index contributed by atoms with van der Waals surface area (Å²) in [6, 6.07) is 0. The molecular formula is C20H42IN5O2S. The van der Waals surface area contributed by atoms with E-state index in [-0.39, 0.29) is 29.5 Å². The summed E-state index contributed by atoms with van der Waals surface area (Å²) in [7, 11) is -3.26. The first-order valence-electron chi connectivity index (χ1n) is 10.9. The summed E-state index contributed by atoms with van der Waals surface area (Å²) >= 11 is 0. The molecule has 1 saturated heterocycles. The van der Waals surface area contributed by atoms with Crippen molar-refractivity contribution in [2.45, 2.75) is 83.2 Å². The number of sulfonamides is 1. The molecule has 29 heavy (non-hydrogen) atoms. The third kappa shape index (κ3) is 9.26. The Hall–Kier alpha value is -0.130. The molecule has 2 rings (SSSR count). The quantitative estimate of drug-likeness (QED) is 0.249. The standard InChI is InChI=1S/C20H41N5O2S.HI/c1-5-21-18(22-16-19(2,3)24-28(4,26)27)23-17-20(12-8-6-9-13-20)25-14-10-7-11-15-25;/h24H,5-17H2,1-4H3,(H2,21,22,23);1H. The van der Waals surface area contributed by atoms with Gasteiger partial charge in [-0.1, -0.05) is 25.7 Å². The zero-order valence-electron chi connectivity index (χ0n) is 18.7. The van der Waals surface area contributed by atoms with Crippen LogP contribution >= 0.6 is 24.0 Å². The molecule has 0 unspecified atom stereocenters. The average Bonchev–Trinajstić information content (AvgIpc) is 2.64. The fourth-order valence-electron chi connectivity index (χ4n) is 4.58. The van der Waals surface area contributed by atoms with Gasteiger partial charge >= 0.3 is 0 Å². The van der Waals surface area contributed by atoms with Crippen molar-refractivity contribution in [3.05, 3.63) is 0 Å². The maximum Gasteiger partial charge on any atom is 0.209 e. The highest BCUT2D eigenvalue weighted by molar-refractivity contribution is 14.0. The van der Waals surface area contributed by atoms with Gasteiger partial charge in [0.2, 0.25) is 10.0 Å². The maximum atomic E-state index is 11.6. The molecule has 1 aliphatic carbocycles. The highest BCUT2D eigenvalue weighted by atomic mass is 127. The van der Waals surface area contributed by atoms with Gasteiger partial charge in [-0.25, -0.2) is 13.1 Å². The van der Waals surface area contributed by atoms with Gasteiger partial charge in [-0.3, -0.25) is 9.89 Å². The van der Waals surface area contributed by atoms with E-state index in [1.807, 2.05) is 13.8 Å². The van der Waals surface area contributed by atoms with Gasteiger partial charge in [-0.2, -0.15) is 0 Å². The number of piperidine rings is 1. The number of hydrogen-bond acceptors (Lipinski definition) is 4. The topological polar surface area (TPSA) is 85.8 Å². The van der Waals surface area contributed by atoms with E-state index in [0.29, 0.717) is 6.54 Å². The predicted molar refractivity (Wildman–Crippen MR) is 133 cm³/mol. The molecule has 0 aromatic carbocycles. The van der Waals surface area contributed by atoms with Crippen LogP contribution in [0.1, 0.15) is 72.1 Å². The Balaban J connectivity index is 0.00000420. The number of likely N-dealkylation sites (tertiary alicyclic amines) is 1. The van der Waals surface area contributed by atoms with Crippen molar-refractivity contribution in [2.24, 2.45) is 4.99 Å². The number of aliphatic imine (C=N–C) groups is 1. The lowest BCUT2D eigenvalue weighted by Crippen LogP contribution is -2.59. The van der Waals surface area contributed by atoms with E-state index < -0.39 is 15.6 Å². The second-order valence-electron chi connectivity index (χ2n) is 9.14. The first-order valence-corrected chi connectivity index (χ1v) is 12.8. The van der Waals surface area contributed by atoms with E-state index in [4.69, 9.17) is 0 Å². The van der Waals surface area contributed by atoms with Crippen LogP contribution in [0.25, 0.3) is 0 Å². The molecule has 3 N–H and O–H groups in total. The van der Waals surface area contributed by atoms with E-state index in [1.54, 1.807) is 0 Å². The van der Waals surface area contributed by atoms with Crippen molar-refractivity contribution >= 4 is 40.0 Å². The summed E-state index contributed by atoms with van der Waals surface area (Å²) in [6.07, 6.45) is 11.6. The lowest BCUT2D eigenvalue weighted by atomic mass is 9.79. The second kappa shape index (κ2) is 12.0. The molecule has 0 bridgehead atoms. The van der Waals surface area contributed by atoms with Gasteiger partial charge < -0.3 is 10.6 Å². The Labute approximate surface area is 195 Å². The number of hydrogen-bond donors (Lipinski definition) is 3. The average molecular weight is 544 g/mol. The lowest BCUT2D eigenvalue weighted by Gasteiger charge is -2.48. The summed E-state index contributed by atoms with van der Waals surface area (Å²) in [6.45, 7) is 10.3. The Morgan fingerprint density at radius 2 is 1.62 bits per heavy atom. The summed E-state index contributed by atoms with van der Waals surface area (Å²) < 4.78 is 25.8. The molecule has 0 aromatic rings. The fourth-order valence-corrected chi connectivity index (χ4v) is 5.65. The van der Waals surface area contributed by atoms with Gasteiger partial charge in [0.1, 0.15) is 0 Å². The van der Waals surface area contributed by atoms with Crippen LogP contribution in [0.2, 0.25) is 0 Å². The van der Waals surface area contributed by atoms with Crippen LogP contribution in [0, 0.1) is 0 Å². The van der Waals surface area contributed by atoms with Crippen molar-refractivity contribution in [3.8, 4) is 0 Å². The molecule has 172 valence electrons. The zero-order valence-corrected chi connectivity index (χ0v) is 21.9. The maximum absolute atomic E-state index is 11.6. The van der Waals surface area contributed by atoms with Gasteiger partial charge in [-0.15, -0.1) is 24.0 Å². The van der Waals surface area contributed by atoms with Crippen LogP contribution in [0.5, 0.6) is 0 Å². The molecule has 0 amide bonds. The van der Waals surface area contributed by atoms with Gasteiger partial charge in [0.15, 0.2) is 5.96 Å². The molecule has 7 nitrogen and oxygen atoms in total. The van der Waals surface area contributed by atoms with Crippen molar-refractivity contribution in [1.29, 1.82) is 0 Å². The van der Waals surface area contributed by atoms with Crippen LogP contribution in [0.4, 0.5) is 0 Å². The molecule has 2 fully saturated rings. The van der Waals surface area contributed by atoms with E-state index in [1.165, 1.54) is 70.7 Å². The number of nitrogens with one attached hydrogen (secondary N) is 3. The van der Waals surface area contributed by atoms with Gasteiger partial charge in [0, 0.05) is 24.2 Å². The molecule has 0 aromatic heterocycles. The molecule has 1 aliphatic heterocycles. The monoisotopic (exact) mass is 543 g/mol. The molecule has 9 heteroatoms. The summed E-state index contributed by atoms with van der Waals surface area (Å²) in [5.41, 5.74) is -0.388. The highest BCUT2D eigenvalue weighted by Crippen LogP contribution is 2.35. The molecule has 1 heterocycles. The number of halogens is 1. The molecular weight excluding hydrogens is 501 g/mol. The van der Waals surface area contributed by atoms with E-state index in [2.05, 4.69) is 32.2 Å². The first-order chi connectivity index (χ1) is 13.2. The normalized spacial score (nSPS) is 21.3. The highest BCUT2D eigenvalue weighted by Gasteiger charge is 2.38. The first kappa shape index (κ1) is 26.9. The summed E-state index contributed by atoms with van der Waals surface area (Å²) in [4.78, 5) is 7.40. The molecule has 1 saturated carbocycles. The summed E-state index contributed by atoms with van der Waals surface area (Å²) in [5, 5.41) is 6.90. The second-order valence-corrected chi connectivity index (χ2v) is 10.9. The van der Waals surface area contributed by atoms with Crippen LogP contribution in [0.15, 0.2) is 4.99 Å². The predicted octanol–water partition coefficient (Wildman–Crippen LogP) is 2.68. The van der Waals surface area contributed by atoms with Crippen molar-refractivity contribution in [2.75, 3.05) is 39.0 Å². The van der Waals surface area contributed by atoms with Crippen molar-refractivity contribution < 1.29 is 8.42 Å². The minimum atomic E-state index is -3.26. The largest absolute Gasteiger partial charge is 0.357 e. The fraction of sp³-hybridized carbons (Fsp3) is 0.950. The van der Waals surface area contributed by atoms with Gasteiger partial charge in [0.05, 0.1) is 12.8 Å². The molecule has 0 atom stereocenters. The van der Waals surface area contributed by atoms with E-state index >= 15 is 0 Å². The molecule has 2 aliphatic rings. The Kier molecular flexibility index (Phi) is 11.2. The smallest absolute Gasteiger partial charge is 0.209 e. The van der Waals surface area contributed by atoms with Crippen LogP contribution in [0.3, 0.4) is 0 Å². The summed E-state index contributed by atoms with van der Waals surface area (Å²) in [5.74, 6) is 0.771. The van der Waals surface area contributed by atoms with Crippen LogP contribution in [-0.2, 0) is 10.0 Å².